The quantitative estimate of drug-likeness (QED) is 0.599. The van der Waals surface area contributed by atoms with Crippen LogP contribution in [0.4, 0.5) is 48.3 Å². The Balaban J connectivity index is 3.15. The van der Waals surface area contributed by atoms with Crippen molar-refractivity contribution >= 4 is 11.6 Å². The lowest BCUT2D eigenvalue weighted by molar-refractivity contribution is -0.423. The van der Waals surface area contributed by atoms with Crippen LogP contribution in [0.15, 0.2) is 18.3 Å². The summed E-state index contributed by atoms with van der Waals surface area (Å²) >= 11 is 5.35. The van der Waals surface area contributed by atoms with Crippen LogP contribution in [-0.2, 0) is 0 Å². The minimum absolute atomic E-state index is 0.533. The Kier molecular flexibility index (Phi) is 5.44. The fourth-order valence-corrected chi connectivity index (χ4v) is 1.51. The molecule has 0 spiro atoms. The maximum absolute atomic E-state index is 13.3. The standard InChI is InChI=1S/C11H5ClF11NO/c12-5-2-1-3-24-6(5)25-4-7(13,14)8(15,16)9(17,18)10(19,20)11(21,22)23/h1-3H,4H2. The molecule has 0 radical (unpaired) electrons. The number of alkyl halides is 11. The summed E-state index contributed by atoms with van der Waals surface area (Å²) in [6.07, 6.45) is -6.34. The molecule has 0 aliphatic carbocycles. The summed E-state index contributed by atoms with van der Waals surface area (Å²) in [5, 5.41) is -0.533. The van der Waals surface area contributed by atoms with Crippen LogP contribution in [0.25, 0.3) is 0 Å². The van der Waals surface area contributed by atoms with Crippen molar-refractivity contribution in [3.63, 3.8) is 0 Å². The molecule has 0 aliphatic heterocycles. The van der Waals surface area contributed by atoms with Gasteiger partial charge < -0.3 is 4.74 Å². The molecule has 0 unspecified atom stereocenters. The number of hydrogen-bond donors (Lipinski definition) is 0. The zero-order chi connectivity index (χ0) is 19.9. The average molecular weight is 412 g/mol. The molecule has 0 aromatic carbocycles. The van der Waals surface area contributed by atoms with E-state index in [1.165, 1.54) is 0 Å². The minimum atomic E-state index is -7.47. The lowest BCUT2D eigenvalue weighted by Crippen LogP contribution is -2.67. The van der Waals surface area contributed by atoms with Crippen molar-refractivity contribution in [2.75, 3.05) is 6.61 Å². The molecule has 144 valence electrons. The van der Waals surface area contributed by atoms with E-state index in [1.807, 2.05) is 0 Å². The lowest BCUT2D eigenvalue weighted by atomic mass is 9.98. The highest BCUT2D eigenvalue weighted by Crippen LogP contribution is 2.57. The Morgan fingerprint density at radius 1 is 0.840 bits per heavy atom. The predicted octanol–water partition coefficient (Wildman–Crippen LogP) is 5.22. The zero-order valence-corrected chi connectivity index (χ0v) is 12.1. The summed E-state index contributed by atoms with van der Waals surface area (Å²) in [5.74, 6) is -29.1. The monoisotopic (exact) mass is 411 g/mol. The van der Waals surface area contributed by atoms with Gasteiger partial charge in [0.1, 0.15) is 5.02 Å². The molecule has 1 aromatic heterocycles. The van der Waals surface area contributed by atoms with Gasteiger partial charge in [-0.15, -0.1) is 0 Å². The van der Waals surface area contributed by atoms with Gasteiger partial charge in [0.25, 0.3) is 0 Å². The second-order valence-electron chi connectivity index (χ2n) is 4.50. The molecule has 0 saturated carbocycles. The van der Waals surface area contributed by atoms with Gasteiger partial charge in [0.2, 0.25) is 5.88 Å². The third kappa shape index (κ3) is 3.55. The normalized spacial score (nSPS) is 14.6. The summed E-state index contributed by atoms with van der Waals surface area (Å²) in [7, 11) is 0. The van der Waals surface area contributed by atoms with Crippen LogP contribution in [0.5, 0.6) is 5.88 Å². The Hall–Kier alpha value is -1.53. The van der Waals surface area contributed by atoms with Gasteiger partial charge in [-0.25, -0.2) is 4.98 Å². The van der Waals surface area contributed by atoms with Gasteiger partial charge in [-0.1, -0.05) is 11.6 Å². The van der Waals surface area contributed by atoms with Crippen LogP contribution in [-0.4, -0.2) is 41.5 Å². The van der Waals surface area contributed by atoms with Crippen molar-refractivity contribution in [3.8, 4) is 5.88 Å². The number of nitrogens with zero attached hydrogens (tertiary/aromatic N) is 1. The maximum atomic E-state index is 13.3. The summed E-state index contributed by atoms with van der Waals surface area (Å²) in [6, 6.07) is 2.10. The molecule has 1 aromatic rings. The topological polar surface area (TPSA) is 22.1 Å². The molecule has 0 amide bonds. The fraction of sp³-hybridized carbons (Fsp3) is 0.545. The molecule has 25 heavy (non-hydrogen) atoms. The van der Waals surface area contributed by atoms with E-state index in [1.54, 1.807) is 0 Å². The first-order valence-corrected chi connectivity index (χ1v) is 6.18. The third-order valence-electron chi connectivity index (χ3n) is 2.72. The predicted molar refractivity (Wildman–Crippen MR) is 60.6 cm³/mol. The molecule has 0 aliphatic rings. The van der Waals surface area contributed by atoms with Gasteiger partial charge in [-0.3, -0.25) is 0 Å². The fourth-order valence-electron chi connectivity index (χ4n) is 1.33. The van der Waals surface area contributed by atoms with E-state index in [2.05, 4.69) is 9.72 Å². The van der Waals surface area contributed by atoms with Crippen LogP contribution in [0.1, 0.15) is 0 Å². The highest BCUT2D eigenvalue weighted by Gasteiger charge is 2.87. The Morgan fingerprint density at radius 2 is 1.36 bits per heavy atom. The number of hydrogen-bond acceptors (Lipinski definition) is 2. The highest BCUT2D eigenvalue weighted by molar-refractivity contribution is 6.31. The highest BCUT2D eigenvalue weighted by atomic mass is 35.5. The summed E-state index contributed by atoms with van der Waals surface area (Å²) in [4.78, 5) is 3.17. The van der Waals surface area contributed by atoms with Crippen molar-refractivity contribution in [2.45, 2.75) is 29.9 Å². The molecule has 2 nitrogen and oxygen atoms in total. The number of aromatic nitrogens is 1. The van der Waals surface area contributed by atoms with Crippen LogP contribution in [0, 0.1) is 0 Å². The molecule has 0 bridgehead atoms. The Labute approximate surface area is 136 Å². The molecule has 1 rings (SSSR count). The van der Waals surface area contributed by atoms with Gasteiger partial charge in [0.05, 0.1) is 0 Å². The van der Waals surface area contributed by atoms with Crippen LogP contribution < -0.4 is 4.74 Å². The first kappa shape index (κ1) is 21.5. The minimum Gasteiger partial charge on any atom is -0.470 e. The van der Waals surface area contributed by atoms with Gasteiger partial charge in [0.15, 0.2) is 6.61 Å². The number of pyridine rings is 1. The van der Waals surface area contributed by atoms with Crippen molar-refractivity contribution in [3.05, 3.63) is 23.4 Å². The van der Waals surface area contributed by atoms with Crippen molar-refractivity contribution in [1.29, 1.82) is 0 Å². The molecule has 0 fully saturated rings. The van der Waals surface area contributed by atoms with E-state index in [4.69, 9.17) is 11.6 Å². The summed E-state index contributed by atoms with van der Waals surface area (Å²) in [6.45, 7) is -2.69. The zero-order valence-electron chi connectivity index (χ0n) is 11.3. The van der Waals surface area contributed by atoms with Crippen LogP contribution >= 0.6 is 11.6 Å². The second-order valence-corrected chi connectivity index (χ2v) is 4.91. The molecule has 1 heterocycles. The summed E-state index contributed by atoms with van der Waals surface area (Å²) < 4.78 is 144. The van der Waals surface area contributed by atoms with Gasteiger partial charge in [-0.2, -0.15) is 48.3 Å². The lowest BCUT2D eigenvalue weighted by Gasteiger charge is -2.36. The molecule has 0 saturated heterocycles. The summed E-state index contributed by atoms with van der Waals surface area (Å²) in [5.41, 5.74) is 0. The third-order valence-corrected chi connectivity index (χ3v) is 3.01. The van der Waals surface area contributed by atoms with E-state index >= 15 is 0 Å². The van der Waals surface area contributed by atoms with E-state index in [-0.39, 0.29) is 0 Å². The van der Waals surface area contributed by atoms with Gasteiger partial charge in [-0.05, 0) is 12.1 Å². The smallest absolute Gasteiger partial charge is 0.460 e. The number of halogens is 12. The van der Waals surface area contributed by atoms with Crippen molar-refractivity contribution in [1.82, 2.24) is 4.98 Å². The first-order valence-electron chi connectivity index (χ1n) is 5.80. The maximum Gasteiger partial charge on any atom is 0.460 e. The Morgan fingerprint density at radius 3 is 1.80 bits per heavy atom. The van der Waals surface area contributed by atoms with Crippen molar-refractivity contribution < 1.29 is 53.0 Å². The Bertz CT molecular complexity index is 616. The second kappa shape index (κ2) is 6.32. The van der Waals surface area contributed by atoms with E-state index < -0.39 is 47.4 Å². The largest absolute Gasteiger partial charge is 0.470 e. The van der Waals surface area contributed by atoms with E-state index in [0.29, 0.717) is 0 Å². The van der Waals surface area contributed by atoms with E-state index in [0.717, 1.165) is 18.3 Å². The molecule has 0 atom stereocenters. The van der Waals surface area contributed by atoms with E-state index in [9.17, 15) is 48.3 Å². The SMILES string of the molecule is FC(F)(F)C(F)(F)C(F)(F)C(F)(F)C(F)(F)COc1ncccc1Cl. The van der Waals surface area contributed by atoms with Crippen LogP contribution in [0.3, 0.4) is 0 Å². The first-order chi connectivity index (χ1) is 11.0. The molecular formula is C11H5ClF11NO. The number of ether oxygens (including phenoxy) is 1. The molecule has 14 heteroatoms. The molecule has 0 N–H and O–H groups in total. The molecular weight excluding hydrogens is 407 g/mol. The number of rotatable bonds is 6. The average Bonchev–Trinajstić information content (AvgIpc) is 2.44. The van der Waals surface area contributed by atoms with Crippen LogP contribution in [0.2, 0.25) is 5.02 Å². The van der Waals surface area contributed by atoms with Gasteiger partial charge >= 0.3 is 29.9 Å². The van der Waals surface area contributed by atoms with Crippen molar-refractivity contribution in [2.24, 2.45) is 0 Å². The van der Waals surface area contributed by atoms with Gasteiger partial charge in [0, 0.05) is 6.20 Å².